The lowest BCUT2D eigenvalue weighted by Crippen LogP contribution is -2.39. The molecule has 0 radical (unpaired) electrons. The first kappa shape index (κ1) is 25.5. The molecule has 0 saturated carbocycles. The van der Waals surface area contributed by atoms with Crippen LogP contribution in [0, 0.1) is 0 Å². The van der Waals surface area contributed by atoms with Crippen molar-refractivity contribution in [3.05, 3.63) is 48.0 Å². The first-order valence-corrected chi connectivity index (χ1v) is 10.4. The van der Waals surface area contributed by atoms with Gasteiger partial charge in [0.05, 0.1) is 27.9 Å². The van der Waals surface area contributed by atoms with Crippen molar-refractivity contribution in [3.8, 4) is 17.2 Å². The number of rotatable bonds is 12. The molecule has 0 N–H and O–H groups in total. The Morgan fingerprint density at radius 2 is 1.48 bits per heavy atom. The molecule has 178 valence electrons. The van der Waals surface area contributed by atoms with E-state index in [0.29, 0.717) is 29.4 Å². The maximum Gasteiger partial charge on any atom is 0.326 e. The van der Waals surface area contributed by atoms with Crippen molar-refractivity contribution in [3.63, 3.8) is 0 Å². The molecule has 0 fully saturated rings. The molecule has 0 aliphatic heterocycles. The molecule has 0 saturated heterocycles. The predicted molar refractivity (Wildman–Crippen MR) is 121 cm³/mol. The molecule has 2 aromatic carbocycles. The van der Waals surface area contributed by atoms with Crippen LogP contribution in [0.5, 0.6) is 17.2 Å². The third-order valence-corrected chi connectivity index (χ3v) is 4.66. The lowest BCUT2D eigenvalue weighted by molar-refractivity contribution is -0.148. The fourth-order valence-corrected chi connectivity index (χ4v) is 3.09. The summed E-state index contributed by atoms with van der Waals surface area (Å²) < 4.78 is 26.0. The summed E-state index contributed by atoms with van der Waals surface area (Å²) in [5, 5.41) is 0. The summed E-state index contributed by atoms with van der Waals surface area (Å²) in [7, 11) is 4.53. The molecular formula is C24H29NO8. The van der Waals surface area contributed by atoms with Crippen LogP contribution in [0.4, 0.5) is 5.69 Å². The standard InChI is InChI=1S/C24H29NO8/c1-5-32-23(28)15-25(18-9-7-6-8-10-18)21(26)16-33-22(27)12-11-17-13-19(29-2)24(31-4)20(14-17)30-3/h6-10,13-14H,5,11-12,15-16H2,1-4H3. The van der Waals surface area contributed by atoms with Gasteiger partial charge in [-0.05, 0) is 43.2 Å². The number of aryl methyl sites for hydroxylation is 1. The number of anilines is 1. The number of methoxy groups -OCH3 is 3. The van der Waals surface area contributed by atoms with E-state index in [9.17, 15) is 14.4 Å². The van der Waals surface area contributed by atoms with Gasteiger partial charge < -0.3 is 23.7 Å². The van der Waals surface area contributed by atoms with E-state index in [1.165, 1.54) is 26.2 Å². The number of hydrogen-bond donors (Lipinski definition) is 0. The first-order chi connectivity index (χ1) is 15.9. The highest BCUT2D eigenvalue weighted by atomic mass is 16.5. The highest BCUT2D eigenvalue weighted by Crippen LogP contribution is 2.38. The Bertz CT molecular complexity index is 920. The van der Waals surface area contributed by atoms with Crippen LogP contribution < -0.4 is 19.1 Å². The number of carbonyl (C=O) groups excluding carboxylic acids is 3. The van der Waals surface area contributed by atoms with E-state index in [1.807, 2.05) is 0 Å². The summed E-state index contributed by atoms with van der Waals surface area (Å²) >= 11 is 0. The molecule has 33 heavy (non-hydrogen) atoms. The van der Waals surface area contributed by atoms with Gasteiger partial charge in [0.1, 0.15) is 6.54 Å². The zero-order valence-electron chi connectivity index (χ0n) is 19.3. The fraction of sp³-hybridized carbons (Fsp3) is 0.375. The number of carbonyl (C=O) groups is 3. The number of amides is 1. The number of ether oxygens (including phenoxy) is 5. The van der Waals surface area contributed by atoms with E-state index >= 15 is 0 Å². The van der Waals surface area contributed by atoms with Crippen molar-refractivity contribution < 1.29 is 38.1 Å². The molecule has 0 spiro atoms. The van der Waals surface area contributed by atoms with Gasteiger partial charge in [-0.1, -0.05) is 18.2 Å². The monoisotopic (exact) mass is 459 g/mol. The molecule has 0 atom stereocenters. The molecule has 0 heterocycles. The van der Waals surface area contributed by atoms with Gasteiger partial charge in [0.2, 0.25) is 5.75 Å². The summed E-state index contributed by atoms with van der Waals surface area (Å²) in [6.45, 7) is 1.11. The van der Waals surface area contributed by atoms with Crippen LogP contribution in [0.2, 0.25) is 0 Å². The van der Waals surface area contributed by atoms with Crippen LogP contribution in [0.15, 0.2) is 42.5 Å². The molecule has 0 aliphatic carbocycles. The van der Waals surface area contributed by atoms with Gasteiger partial charge in [-0.3, -0.25) is 19.3 Å². The Morgan fingerprint density at radius 3 is 2.03 bits per heavy atom. The molecule has 0 unspecified atom stereocenters. The minimum absolute atomic E-state index is 0.0368. The highest BCUT2D eigenvalue weighted by molar-refractivity contribution is 5.99. The third-order valence-electron chi connectivity index (χ3n) is 4.66. The zero-order chi connectivity index (χ0) is 24.2. The highest BCUT2D eigenvalue weighted by Gasteiger charge is 2.21. The number of nitrogens with zero attached hydrogens (tertiary/aromatic N) is 1. The van der Waals surface area contributed by atoms with Crippen molar-refractivity contribution >= 4 is 23.5 Å². The summed E-state index contributed by atoms with van der Waals surface area (Å²) in [5.74, 6) is -0.222. The van der Waals surface area contributed by atoms with Crippen LogP contribution in [0.1, 0.15) is 18.9 Å². The lowest BCUT2D eigenvalue weighted by atomic mass is 10.1. The smallest absolute Gasteiger partial charge is 0.326 e. The molecule has 9 nitrogen and oxygen atoms in total. The number of benzene rings is 2. The zero-order valence-corrected chi connectivity index (χ0v) is 19.3. The first-order valence-electron chi connectivity index (χ1n) is 10.4. The van der Waals surface area contributed by atoms with E-state index in [4.69, 9.17) is 23.7 Å². The van der Waals surface area contributed by atoms with Crippen LogP contribution in [0.3, 0.4) is 0 Å². The van der Waals surface area contributed by atoms with Gasteiger partial charge in [-0.2, -0.15) is 0 Å². The predicted octanol–water partition coefficient (Wildman–Crippen LogP) is 2.78. The second kappa shape index (κ2) is 12.9. The topological polar surface area (TPSA) is 101 Å². The Hall–Kier alpha value is -3.75. The summed E-state index contributed by atoms with van der Waals surface area (Å²) in [4.78, 5) is 38.1. The SMILES string of the molecule is CCOC(=O)CN(C(=O)COC(=O)CCc1cc(OC)c(OC)c(OC)c1)c1ccccc1. The largest absolute Gasteiger partial charge is 0.493 e. The van der Waals surface area contributed by atoms with E-state index < -0.39 is 24.5 Å². The minimum atomic E-state index is -0.554. The van der Waals surface area contributed by atoms with E-state index in [2.05, 4.69) is 0 Å². The summed E-state index contributed by atoms with van der Waals surface area (Å²) in [6.07, 6.45) is 0.379. The molecule has 0 aliphatic rings. The van der Waals surface area contributed by atoms with Gasteiger partial charge in [0, 0.05) is 12.1 Å². The van der Waals surface area contributed by atoms with Gasteiger partial charge in [-0.25, -0.2) is 0 Å². The molecule has 1 amide bonds. The summed E-state index contributed by atoms with van der Waals surface area (Å²) in [5.41, 5.74) is 1.28. The number of esters is 2. The second-order valence-electron chi connectivity index (χ2n) is 6.81. The van der Waals surface area contributed by atoms with Crippen molar-refractivity contribution in [2.75, 3.05) is 46.0 Å². The van der Waals surface area contributed by atoms with E-state index in [1.54, 1.807) is 49.4 Å². The maximum absolute atomic E-state index is 12.7. The Kier molecular flexibility index (Phi) is 10.0. The molecular weight excluding hydrogens is 430 g/mol. The van der Waals surface area contributed by atoms with E-state index in [-0.39, 0.29) is 19.6 Å². The van der Waals surface area contributed by atoms with E-state index in [0.717, 1.165) is 5.56 Å². The quantitative estimate of drug-likeness (QED) is 0.447. The van der Waals surface area contributed by atoms with Crippen molar-refractivity contribution in [2.45, 2.75) is 19.8 Å². The maximum atomic E-state index is 12.7. The second-order valence-corrected chi connectivity index (χ2v) is 6.81. The summed E-state index contributed by atoms with van der Waals surface area (Å²) in [6, 6.07) is 12.1. The van der Waals surface area contributed by atoms with Crippen LogP contribution >= 0.6 is 0 Å². The van der Waals surface area contributed by atoms with Crippen molar-refractivity contribution in [1.82, 2.24) is 0 Å². The average Bonchev–Trinajstić information content (AvgIpc) is 2.84. The van der Waals surface area contributed by atoms with Crippen LogP contribution in [-0.2, 0) is 30.3 Å². The third kappa shape index (κ3) is 7.41. The Balaban J connectivity index is 1.98. The van der Waals surface area contributed by atoms with Crippen LogP contribution in [-0.4, -0.2) is 58.9 Å². The van der Waals surface area contributed by atoms with Crippen LogP contribution in [0.25, 0.3) is 0 Å². The fourth-order valence-electron chi connectivity index (χ4n) is 3.09. The Morgan fingerprint density at radius 1 is 0.848 bits per heavy atom. The molecule has 0 aromatic heterocycles. The molecule has 0 bridgehead atoms. The van der Waals surface area contributed by atoms with Gasteiger partial charge in [-0.15, -0.1) is 0 Å². The lowest BCUT2D eigenvalue weighted by Gasteiger charge is -2.21. The molecule has 9 heteroatoms. The van der Waals surface area contributed by atoms with Gasteiger partial charge in [0.25, 0.3) is 5.91 Å². The van der Waals surface area contributed by atoms with Gasteiger partial charge in [0.15, 0.2) is 18.1 Å². The minimum Gasteiger partial charge on any atom is -0.493 e. The van der Waals surface area contributed by atoms with Gasteiger partial charge >= 0.3 is 11.9 Å². The number of hydrogen-bond acceptors (Lipinski definition) is 8. The van der Waals surface area contributed by atoms with Crippen molar-refractivity contribution in [1.29, 1.82) is 0 Å². The van der Waals surface area contributed by atoms with Crippen molar-refractivity contribution in [2.24, 2.45) is 0 Å². The normalized spacial score (nSPS) is 10.2. The number of para-hydroxylation sites is 1. The average molecular weight is 459 g/mol. The molecule has 2 rings (SSSR count). The Labute approximate surface area is 193 Å². The molecule has 2 aromatic rings.